The number of hydrogen-bond acceptors (Lipinski definition) is 2. The number of rotatable bonds is 5. The van der Waals surface area contributed by atoms with Crippen LogP contribution in [0.2, 0.25) is 0 Å². The second kappa shape index (κ2) is 12.7. The fourth-order valence-electron chi connectivity index (χ4n) is 3.88. The number of amides is 1. The first-order valence-corrected chi connectivity index (χ1v) is 10.8. The first-order chi connectivity index (χ1) is 13.2. The molecule has 0 bridgehead atoms. The second-order valence-corrected chi connectivity index (χ2v) is 7.68. The number of allylic oxidation sites excluding steroid dienone is 2. The molecule has 0 aromatic heterocycles. The SMILES string of the molecule is CC[C@@H]1C/C=C/CCC[C@@H](OCc2ccccc2)[C@H](CC)CCCNC1=O. The van der Waals surface area contributed by atoms with Gasteiger partial charge in [-0.05, 0) is 56.4 Å². The Kier molecular flexibility index (Phi) is 10.2. The van der Waals surface area contributed by atoms with Crippen molar-refractivity contribution in [1.82, 2.24) is 5.32 Å². The Balaban J connectivity index is 1.96. The summed E-state index contributed by atoms with van der Waals surface area (Å²) in [5.41, 5.74) is 1.24. The number of nitrogens with one attached hydrogen (secondary N) is 1. The maximum Gasteiger partial charge on any atom is 0.223 e. The van der Waals surface area contributed by atoms with E-state index in [2.05, 4.69) is 55.6 Å². The molecule has 27 heavy (non-hydrogen) atoms. The van der Waals surface area contributed by atoms with E-state index in [9.17, 15) is 4.79 Å². The monoisotopic (exact) mass is 371 g/mol. The summed E-state index contributed by atoms with van der Waals surface area (Å²) in [6, 6.07) is 10.4. The van der Waals surface area contributed by atoms with E-state index in [4.69, 9.17) is 4.74 Å². The third kappa shape index (κ3) is 7.88. The van der Waals surface area contributed by atoms with Crippen molar-refractivity contribution < 1.29 is 9.53 Å². The number of carbonyl (C=O) groups excluding carboxylic acids is 1. The highest BCUT2D eigenvalue weighted by Gasteiger charge is 2.21. The lowest BCUT2D eigenvalue weighted by Gasteiger charge is -2.27. The molecule has 150 valence electrons. The summed E-state index contributed by atoms with van der Waals surface area (Å²) >= 11 is 0. The quantitative estimate of drug-likeness (QED) is 0.679. The molecular formula is C24H37NO2. The van der Waals surface area contributed by atoms with Gasteiger partial charge in [-0.25, -0.2) is 0 Å². The first kappa shape index (κ1) is 21.7. The average Bonchev–Trinajstić information content (AvgIpc) is 2.70. The van der Waals surface area contributed by atoms with Crippen LogP contribution in [0, 0.1) is 11.8 Å². The summed E-state index contributed by atoms with van der Waals surface area (Å²) in [7, 11) is 0. The minimum atomic E-state index is 0.119. The van der Waals surface area contributed by atoms with Crippen LogP contribution in [-0.2, 0) is 16.1 Å². The van der Waals surface area contributed by atoms with E-state index >= 15 is 0 Å². The van der Waals surface area contributed by atoms with Crippen LogP contribution in [0.25, 0.3) is 0 Å². The predicted octanol–water partition coefficient (Wildman–Crippen LogP) is 5.65. The van der Waals surface area contributed by atoms with E-state index in [1.165, 1.54) is 5.56 Å². The molecule has 2 rings (SSSR count). The summed E-state index contributed by atoms with van der Waals surface area (Å²) in [5, 5.41) is 3.14. The van der Waals surface area contributed by atoms with Crippen molar-refractivity contribution in [2.24, 2.45) is 11.8 Å². The van der Waals surface area contributed by atoms with Crippen LogP contribution in [0.15, 0.2) is 42.5 Å². The van der Waals surface area contributed by atoms with E-state index in [1.54, 1.807) is 0 Å². The van der Waals surface area contributed by atoms with Gasteiger partial charge < -0.3 is 10.1 Å². The zero-order chi connectivity index (χ0) is 19.3. The van der Waals surface area contributed by atoms with Gasteiger partial charge in [0.05, 0.1) is 12.7 Å². The lowest BCUT2D eigenvalue weighted by atomic mass is 9.90. The van der Waals surface area contributed by atoms with Gasteiger partial charge in [-0.15, -0.1) is 0 Å². The van der Waals surface area contributed by atoms with Crippen molar-refractivity contribution in [3.8, 4) is 0 Å². The molecule has 3 heteroatoms. The van der Waals surface area contributed by atoms with Crippen LogP contribution in [0.4, 0.5) is 0 Å². The van der Waals surface area contributed by atoms with Gasteiger partial charge in [0.15, 0.2) is 0 Å². The summed E-state index contributed by atoms with van der Waals surface area (Å²) in [6.07, 6.45) is 13.1. The zero-order valence-corrected chi connectivity index (χ0v) is 17.2. The van der Waals surface area contributed by atoms with Crippen LogP contribution in [0.3, 0.4) is 0 Å². The molecule has 0 unspecified atom stereocenters. The highest BCUT2D eigenvalue weighted by molar-refractivity contribution is 5.78. The van der Waals surface area contributed by atoms with Crippen molar-refractivity contribution in [2.45, 2.75) is 77.9 Å². The van der Waals surface area contributed by atoms with Gasteiger partial charge in [-0.2, -0.15) is 0 Å². The fourth-order valence-corrected chi connectivity index (χ4v) is 3.88. The third-order valence-electron chi connectivity index (χ3n) is 5.72. The lowest BCUT2D eigenvalue weighted by Crippen LogP contribution is -2.32. The van der Waals surface area contributed by atoms with Crippen molar-refractivity contribution in [2.75, 3.05) is 6.54 Å². The molecule has 1 aromatic rings. The number of benzene rings is 1. The van der Waals surface area contributed by atoms with Crippen molar-refractivity contribution in [1.29, 1.82) is 0 Å². The summed E-state index contributed by atoms with van der Waals surface area (Å²) in [4.78, 5) is 12.3. The van der Waals surface area contributed by atoms with Crippen molar-refractivity contribution in [3.63, 3.8) is 0 Å². The minimum absolute atomic E-state index is 0.119. The molecule has 0 aliphatic carbocycles. The summed E-state index contributed by atoms with van der Waals surface area (Å²) in [6.45, 7) is 5.83. The molecule has 0 radical (unpaired) electrons. The highest BCUT2D eigenvalue weighted by Crippen LogP contribution is 2.24. The standard InChI is InChI=1S/C24H37NO2/c1-3-21-16-12-18-25-24(26)22(4-2)15-10-5-6-11-17-23(21)27-19-20-13-8-7-9-14-20/h5,7-10,13-14,21-23H,3-4,6,11-12,15-19H2,1-2H3,(H,25,26)/b10-5+/t21-,22-,23-/m1/s1. The van der Waals surface area contributed by atoms with Gasteiger partial charge in [-0.3, -0.25) is 4.79 Å². The molecule has 1 aliphatic heterocycles. The van der Waals surface area contributed by atoms with E-state index in [1.807, 2.05) is 6.07 Å². The molecule has 3 nitrogen and oxygen atoms in total. The number of carbonyl (C=O) groups is 1. The largest absolute Gasteiger partial charge is 0.373 e. The van der Waals surface area contributed by atoms with Crippen LogP contribution in [0.1, 0.15) is 70.8 Å². The van der Waals surface area contributed by atoms with E-state index in [0.717, 1.165) is 57.9 Å². The molecule has 1 N–H and O–H groups in total. The number of hydrogen-bond donors (Lipinski definition) is 1. The lowest BCUT2D eigenvalue weighted by molar-refractivity contribution is -0.125. The molecule has 1 aliphatic rings. The van der Waals surface area contributed by atoms with Crippen molar-refractivity contribution in [3.05, 3.63) is 48.0 Å². The summed E-state index contributed by atoms with van der Waals surface area (Å²) < 4.78 is 6.38. The van der Waals surface area contributed by atoms with Gasteiger partial charge in [-0.1, -0.05) is 62.8 Å². The maximum atomic E-state index is 12.3. The van der Waals surface area contributed by atoms with Crippen LogP contribution in [-0.4, -0.2) is 18.6 Å². The Hall–Kier alpha value is -1.61. The summed E-state index contributed by atoms with van der Waals surface area (Å²) in [5.74, 6) is 0.886. The molecule has 1 amide bonds. The fraction of sp³-hybridized carbons (Fsp3) is 0.625. The number of ether oxygens (including phenoxy) is 1. The Bertz CT molecular complexity index is 555. The predicted molar refractivity (Wildman–Crippen MR) is 112 cm³/mol. The van der Waals surface area contributed by atoms with Gasteiger partial charge in [0.2, 0.25) is 5.91 Å². The molecule has 0 saturated heterocycles. The smallest absolute Gasteiger partial charge is 0.223 e. The Morgan fingerprint density at radius 3 is 2.59 bits per heavy atom. The zero-order valence-electron chi connectivity index (χ0n) is 17.2. The first-order valence-electron chi connectivity index (χ1n) is 10.8. The average molecular weight is 372 g/mol. The topological polar surface area (TPSA) is 38.3 Å². The van der Waals surface area contributed by atoms with Crippen LogP contribution >= 0.6 is 0 Å². The molecule has 0 fully saturated rings. The van der Waals surface area contributed by atoms with E-state index in [0.29, 0.717) is 18.6 Å². The molecule has 1 aromatic carbocycles. The van der Waals surface area contributed by atoms with Gasteiger partial charge >= 0.3 is 0 Å². The van der Waals surface area contributed by atoms with Crippen LogP contribution in [0.5, 0.6) is 0 Å². The normalized spacial score (nSPS) is 26.7. The Labute approximate surface area is 165 Å². The Morgan fingerprint density at radius 1 is 1.04 bits per heavy atom. The van der Waals surface area contributed by atoms with Crippen molar-refractivity contribution >= 4 is 5.91 Å². The van der Waals surface area contributed by atoms with E-state index in [-0.39, 0.29) is 11.8 Å². The molecule has 0 spiro atoms. The molecule has 1 heterocycles. The molecular weight excluding hydrogens is 334 g/mol. The third-order valence-corrected chi connectivity index (χ3v) is 5.72. The van der Waals surface area contributed by atoms with Gasteiger partial charge in [0.1, 0.15) is 0 Å². The molecule has 0 saturated carbocycles. The maximum absolute atomic E-state index is 12.3. The minimum Gasteiger partial charge on any atom is -0.373 e. The second-order valence-electron chi connectivity index (χ2n) is 7.68. The Morgan fingerprint density at radius 2 is 1.85 bits per heavy atom. The van der Waals surface area contributed by atoms with Crippen LogP contribution < -0.4 is 5.32 Å². The van der Waals surface area contributed by atoms with E-state index < -0.39 is 0 Å². The van der Waals surface area contributed by atoms with Gasteiger partial charge in [0.25, 0.3) is 0 Å². The molecule has 3 atom stereocenters. The van der Waals surface area contributed by atoms with Gasteiger partial charge in [0, 0.05) is 12.5 Å². The highest BCUT2D eigenvalue weighted by atomic mass is 16.5.